The number of carbonyl (C=O) groups excluding carboxylic acids is 2. The molecule has 1 aliphatic rings. The van der Waals surface area contributed by atoms with Gasteiger partial charge in [-0.05, 0) is 42.3 Å². The Morgan fingerprint density at radius 1 is 1.04 bits per heavy atom. The number of benzene rings is 2. The van der Waals surface area contributed by atoms with Crippen LogP contribution in [-0.4, -0.2) is 37.8 Å². The highest BCUT2D eigenvalue weighted by Crippen LogP contribution is 2.15. The van der Waals surface area contributed by atoms with Gasteiger partial charge in [-0.25, -0.2) is 8.42 Å². The van der Waals surface area contributed by atoms with Crippen molar-refractivity contribution in [2.24, 2.45) is 0 Å². The Kier molecular flexibility index (Phi) is 6.16. The molecule has 0 aromatic heterocycles. The summed E-state index contributed by atoms with van der Waals surface area (Å²) in [7, 11) is -3.13. The number of sulfone groups is 1. The lowest BCUT2D eigenvalue weighted by molar-refractivity contribution is -0.118. The Morgan fingerprint density at radius 3 is 2.32 bits per heavy atom. The maximum Gasteiger partial charge on any atom is 0.268 e. The maximum atomic E-state index is 12.7. The van der Waals surface area contributed by atoms with E-state index in [2.05, 4.69) is 10.6 Å². The quantitative estimate of drug-likeness (QED) is 0.729. The molecule has 0 bridgehead atoms. The van der Waals surface area contributed by atoms with Crippen molar-refractivity contribution in [3.63, 3.8) is 0 Å². The summed E-state index contributed by atoms with van der Waals surface area (Å²) in [6.45, 7) is 0. The molecule has 0 spiro atoms. The number of amides is 2. The first-order chi connectivity index (χ1) is 13.3. The lowest BCUT2D eigenvalue weighted by Gasteiger charge is -2.14. The third-order valence-electron chi connectivity index (χ3n) is 4.28. The van der Waals surface area contributed by atoms with Crippen molar-refractivity contribution in [2.45, 2.75) is 12.5 Å². The minimum absolute atomic E-state index is 0.0282. The largest absolute Gasteiger partial charge is 0.347 e. The molecule has 0 radical (unpaired) electrons. The molecule has 1 aliphatic heterocycles. The van der Waals surface area contributed by atoms with Gasteiger partial charge in [0.1, 0.15) is 5.70 Å². The molecule has 2 N–H and O–H groups in total. The molecule has 6 nitrogen and oxygen atoms in total. The Morgan fingerprint density at radius 2 is 1.71 bits per heavy atom. The van der Waals surface area contributed by atoms with Crippen molar-refractivity contribution >= 4 is 39.3 Å². The summed E-state index contributed by atoms with van der Waals surface area (Å²) in [4.78, 5) is 25.2. The van der Waals surface area contributed by atoms with Crippen molar-refractivity contribution < 1.29 is 18.0 Å². The zero-order chi connectivity index (χ0) is 20.1. The predicted molar refractivity (Wildman–Crippen MR) is 109 cm³/mol. The molecule has 1 atom stereocenters. The average Bonchev–Trinajstić information content (AvgIpc) is 3.01. The molecular formula is C20H19ClN2O4S. The molecule has 1 saturated heterocycles. The minimum atomic E-state index is -3.13. The van der Waals surface area contributed by atoms with Crippen LogP contribution in [0.4, 0.5) is 0 Å². The Balaban J connectivity index is 1.82. The van der Waals surface area contributed by atoms with Crippen LogP contribution in [-0.2, 0) is 14.6 Å². The van der Waals surface area contributed by atoms with Gasteiger partial charge in [-0.15, -0.1) is 0 Å². The fourth-order valence-corrected chi connectivity index (χ4v) is 4.64. The van der Waals surface area contributed by atoms with E-state index in [1.165, 1.54) is 6.08 Å². The molecule has 2 amide bonds. The molecular weight excluding hydrogens is 400 g/mol. The summed E-state index contributed by atoms with van der Waals surface area (Å²) < 4.78 is 23.3. The molecule has 3 rings (SSSR count). The highest BCUT2D eigenvalue weighted by Gasteiger charge is 2.29. The van der Waals surface area contributed by atoms with Gasteiger partial charge in [0.25, 0.3) is 11.8 Å². The smallest absolute Gasteiger partial charge is 0.268 e. The molecule has 8 heteroatoms. The molecule has 28 heavy (non-hydrogen) atoms. The number of hydrogen-bond acceptors (Lipinski definition) is 4. The maximum absolute atomic E-state index is 12.7. The number of nitrogens with one attached hydrogen (secondary N) is 2. The van der Waals surface area contributed by atoms with Crippen LogP contribution in [0.25, 0.3) is 6.08 Å². The first kappa shape index (κ1) is 20.1. The van der Waals surface area contributed by atoms with Crippen LogP contribution in [0.2, 0.25) is 5.02 Å². The Bertz CT molecular complexity index is 1000. The molecule has 2 aromatic carbocycles. The highest BCUT2D eigenvalue weighted by molar-refractivity contribution is 7.91. The zero-order valence-electron chi connectivity index (χ0n) is 14.9. The van der Waals surface area contributed by atoms with Gasteiger partial charge in [-0.1, -0.05) is 41.9 Å². The molecule has 0 unspecified atom stereocenters. The number of carbonyl (C=O) groups is 2. The van der Waals surface area contributed by atoms with Crippen molar-refractivity contribution in [3.05, 3.63) is 76.4 Å². The lowest BCUT2D eigenvalue weighted by atomic mass is 10.1. The van der Waals surface area contributed by atoms with Crippen LogP contribution >= 0.6 is 11.6 Å². The fourth-order valence-electron chi connectivity index (χ4n) is 2.84. The standard InChI is InChI=1S/C20H19ClN2O4S/c21-16-8-6-14(7-9-16)12-18(23-19(24)15-4-2-1-3-5-15)20(25)22-17-10-11-28(26,27)13-17/h1-9,12,17H,10-11,13H2,(H,22,25)(H,23,24)/b18-12+/t17-/m0/s1. The summed E-state index contributed by atoms with van der Waals surface area (Å²) in [6, 6.07) is 14.8. The van der Waals surface area contributed by atoms with Crippen molar-refractivity contribution in [1.82, 2.24) is 10.6 Å². The van der Waals surface area contributed by atoms with Crippen LogP contribution < -0.4 is 10.6 Å². The van der Waals surface area contributed by atoms with Crippen LogP contribution in [0.5, 0.6) is 0 Å². The fraction of sp³-hybridized carbons (Fsp3) is 0.200. The van der Waals surface area contributed by atoms with Gasteiger partial charge in [0.2, 0.25) is 0 Å². The summed E-state index contributed by atoms with van der Waals surface area (Å²) in [5.74, 6) is -1.03. The van der Waals surface area contributed by atoms with E-state index in [0.29, 0.717) is 22.6 Å². The third-order valence-corrected chi connectivity index (χ3v) is 6.30. The van der Waals surface area contributed by atoms with Crippen LogP contribution in [0.15, 0.2) is 60.3 Å². The molecule has 1 heterocycles. The average molecular weight is 419 g/mol. The van der Waals surface area contributed by atoms with Crippen LogP contribution in [0.3, 0.4) is 0 Å². The van der Waals surface area contributed by atoms with E-state index in [9.17, 15) is 18.0 Å². The van der Waals surface area contributed by atoms with E-state index in [1.54, 1.807) is 54.6 Å². The van der Waals surface area contributed by atoms with E-state index in [1.807, 2.05) is 0 Å². The molecule has 2 aromatic rings. The van der Waals surface area contributed by atoms with Crippen LogP contribution in [0.1, 0.15) is 22.3 Å². The summed E-state index contributed by atoms with van der Waals surface area (Å²) in [5, 5.41) is 5.86. The normalized spacial score (nSPS) is 18.5. The number of halogens is 1. The van der Waals surface area contributed by atoms with Crippen LogP contribution in [0, 0.1) is 0 Å². The second-order valence-electron chi connectivity index (χ2n) is 6.50. The number of hydrogen-bond donors (Lipinski definition) is 2. The summed E-state index contributed by atoms with van der Waals surface area (Å²) >= 11 is 5.89. The predicted octanol–water partition coefficient (Wildman–Crippen LogP) is 2.41. The van der Waals surface area contributed by atoms with E-state index >= 15 is 0 Å². The topological polar surface area (TPSA) is 92.3 Å². The van der Waals surface area contributed by atoms with E-state index in [4.69, 9.17) is 11.6 Å². The first-order valence-electron chi connectivity index (χ1n) is 8.67. The van der Waals surface area contributed by atoms with Gasteiger partial charge in [-0.3, -0.25) is 9.59 Å². The minimum Gasteiger partial charge on any atom is -0.347 e. The van der Waals surface area contributed by atoms with Gasteiger partial charge >= 0.3 is 0 Å². The van der Waals surface area contributed by atoms with Gasteiger partial charge in [0.15, 0.2) is 9.84 Å². The number of rotatable bonds is 5. The van der Waals surface area contributed by atoms with E-state index in [0.717, 1.165) is 0 Å². The third kappa shape index (κ3) is 5.43. The second kappa shape index (κ2) is 8.58. The Labute approximate surface area is 168 Å². The molecule has 1 fully saturated rings. The van der Waals surface area contributed by atoms with Crippen molar-refractivity contribution in [3.8, 4) is 0 Å². The summed E-state index contributed by atoms with van der Waals surface area (Å²) in [5.41, 5.74) is 1.10. The van der Waals surface area contributed by atoms with Crippen molar-refractivity contribution in [2.75, 3.05) is 11.5 Å². The van der Waals surface area contributed by atoms with Gasteiger partial charge < -0.3 is 10.6 Å². The summed E-state index contributed by atoms with van der Waals surface area (Å²) in [6.07, 6.45) is 1.88. The Hall–Kier alpha value is -2.64. The lowest BCUT2D eigenvalue weighted by Crippen LogP contribution is -2.41. The molecule has 0 aliphatic carbocycles. The van der Waals surface area contributed by atoms with Gasteiger partial charge in [0.05, 0.1) is 11.5 Å². The SMILES string of the molecule is O=C(N[C@H]1CCS(=O)(=O)C1)/C(=C\c1ccc(Cl)cc1)NC(=O)c1ccccc1. The zero-order valence-corrected chi connectivity index (χ0v) is 16.5. The second-order valence-corrected chi connectivity index (χ2v) is 9.17. The van der Waals surface area contributed by atoms with Gasteiger partial charge in [0, 0.05) is 16.6 Å². The highest BCUT2D eigenvalue weighted by atomic mass is 35.5. The monoisotopic (exact) mass is 418 g/mol. The first-order valence-corrected chi connectivity index (χ1v) is 10.9. The van der Waals surface area contributed by atoms with E-state index < -0.39 is 27.7 Å². The molecule has 0 saturated carbocycles. The molecule has 146 valence electrons. The van der Waals surface area contributed by atoms with E-state index in [-0.39, 0.29) is 17.2 Å². The van der Waals surface area contributed by atoms with Gasteiger partial charge in [-0.2, -0.15) is 0 Å². The van der Waals surface area contributed by atoms with Crippen molar-refractivity contribution in [1.29, 1.82) is 0 Å².